The Hall–Kier alpha value is -5.64. The van der Waals surface area contributed by atoms with Gasteiger partial charge < -0.3 is 10.2 Å². The van der Waals surface area contributed by atoms with Crippen molar-refractivity contribution in [2.45, 2.75) is 19.8 Å². The first kappa shape index (κ1) is 32.9. The van der Waals surface area contributed by atoms with Gasteiger partial charge in [-0.25, -0.2) is 19.6 Å². The Kier molecular flexibility index (Phi) is 8.55. The van der Waals surface area contributed by atoms with Gasteiger partial charge in [-0.2, -0.15) is 9.36 Å². The van der Waals surface area contributed by atoms with Crippen molar-refractivity contribution < 1.29 is 19.8 Å². The Labute approximate surface area is 299 Å². The molecule has 0 aliphatic rings. The van der Waals surface area contributed by atoms with Crippen molar-refractivity contribution in [1.29, 1.82) is 0 Å². The van der Waals surface area contributed by atoms with E-state index in [4.69, 9.17) is 0 Å². The Balaban J connectivity index is 1.30. The van der Waals surface area contributed by atoms with E-state index in [1.54, 1.807) is 48.9 Å². The lowest BCUT2D eigenvalue weighted by molar-refractivity contribution is 0.0686. The van der Waals surface area contributed by atoms with Crippen LogP contribution >= 0.6 is 38.6 Å². The lowest BCUT2D eigenvalue weighted by Crippen LogP contribution is -2.25. The van der Waals surface area contributed by atoms with Gasteiger partial charge in [0.1, 0.15) is 0 Å². The molecule has 3 aromatic carbocycles. The molecule has 4 aromatic heterocycles. The zero-order valence-corrected chi connectivity index (χ0v) is 29.4. The monoisotopic (exact) mass is 768 g/mol. The molecular weight excluding hydrogens is 744 g/mol. The van der Waals surface area contributed by atoms with Crippen LogP contribution < -0.4 is 11.1 Å². The molecule has 12 nitrogen and oxygen atoms in total. The zero-order chi connectivity index (χ0) is 35.3. The maximum atomic E-state index is 14.3. The van der Waals surface area contributed by atoms with Crippen molar-refractivity contribution in [3.8, 4) is 32.8 Å². The first-order valence-corrected chi connectivity index (χ1v) is 17.5. The summed E-state index contributed by atoms with van der Waals surface area (Å²) in [4.78, 5) is 60.5. The molecule has 4 N–H and O–H groups in total. The van der Waals surface area contributed by atoms with Crippen LogP contribution in [0.2, 0.25) is 0 Å². The minimum absolute atomic E-state index is 0.158. The van der Waals surface area contributed by atoms with Gasteiger partial charge in [-0.05, 0) is 55.8 Å². The fourth-order valence-corrected chi connectivity index (χ4v) is 7.61. The average molecular weight is 770 g/mol. The van der Waals surface area contributed by atoms with Crippen LogP contribution in [0.4, 0.5) is 0 Å². The van der Waals surface area contributed by atoms with Gasteiger partial charge in [-0.1, -0.05) is 52.3 Å². The minimum Gasteiger partial charge on any atom is -0.478 e. The van der Waals surface area contributed by atoms with E-state index in [1.807, 2.05) is 24.3 Å². The predicted octanol–water partition coefficient (Wildman–Crippen LogP) is 6.85. The lowest BCUT2D eigenvalue weighted by Gasteiger charge is -2.16. The van der Waals surface area contributed by atoms with Gasteiger partial charge >= 0.3 is 11.9 Å². The van der Waals surface area contributed by atoms with Crippen LogP contribution in [0.5, 0.6) is 0 Å². The Morgan fingerprint density at radius 3 is 1.46 bits per heavy atom. The third-order valence-electron chi connectivity index (χ3n) is 8.24. The summed E-state index contributed by atoms with van der Waals surface area (Å²) in [6, 6.07) is 20.1. The van der Waals surface area contributed by atoms with Crippen LogP contribution in [0.1, 0.15) is 54.7 Å². The van der Waals surface area contributed by atoms with Crippen molar-refractivity contribution in [2.24, 2.45) is 0 Å². The molecule has 4 heterocycles. The molecule has 0 amide bonds. The summed E-state index contributed by atoms with van der Waals surface area (Å²) in [7, 11) is 0. The number of thiazole rings is 2. The topological polar surface area (TPSA) is 176 Å². The molecule has 0 atom stereocenters. The number of nitrogens with one attached hydrogen (secondary N) is 2. The number of aromatic carboxylic acids is 2. The van der Waals surface area contributed by atoms with Gasteiger partial charge in [0.15, 0.2) is 0 Å². The first-order valence-electron chi connectivity index (χ1n) is 15.0. The van der Waals surface area contributed by atoms with Crippen LogP contribution in [0.25, 0.3) is 32.8 Å². The normalized spacial score (nSPS) is 11.4. The third kappa shape index (κ3) is 5.95. The number of rotatable bonds is 9. The molecule has 0 fully saturated rings. The molecule has 0 saturated carbocycles. The number of aromatic amines is 2. The summed E-state index contributed by atoms with van der Waals surface area (Å²) >= 11 is 5.98. The molecule has 0 radical (unpaired) electrons. The number of hydrogen-bond donors (Lipinski definition) is 4. The van der Waals surface area contributed by atoms with E-state index in [1.165, 1.54) is 56.3 Å². The Bertz CT molecular complexity index is 2370. The highest BCUT2D eigenvalue weighted by molar-refractivity contribution is 9.10. The van der Waals surface area contributed by atoms with Crippen molar-refractivity contribution in [3.05, 3.63) is 148 Å². The molecule has 7 rings (SSSR count). The van der Waals surface area contributed by atoms with Gasteiger partial charge in [0, 0.05) is 43.7 Å². The van der Waals surface area contributed by atoms with Crippen molar-refractivity contribution in [1.82, 2.24) is 29.5 Å². The number of H-pyrrole nitrogens is 2. The summed E-state index contributed by atoms with van der Waals surface area (Å²) in [6.45, 7) is 3.56. The summed E-state index contributed by atoms with van der Waals surface area (Å²) in [6.07, 6.45) is 0. The van der Waals surface area contributed by atoms with Crippen molar-refractivity contribution >= 4 is 50.5 Å². The zero-order valence-electron chi connectivity index (χ0n) is 26.2. The first-order chi connectivity index (χ1) is 24.0. The smallest absolute Gasteiger partial charge is 0.335 e. The van der Waals surface area contributed by atoms with Gasteiger partial charge in [-0.3, -0.25) is 19.8 Å². The number of halogens is 1. The number of aryl methyl sites for hydroxylation is 2. The molecule has 250 valence electrons. The Morgan fingerprint density at radius 2 is 1.08 bits per heavy atom. The van der Waals surface area contributed by atoms with Crippen LogP contribution in [0.3, 0.4) is 0 Å². The van der Waals surface area contributed by atoms with E-state index in [0.717, 1.165) is 10.0 Å². The quantitative estimate of drug-likeness (QED) is 0.123. The lowest BCUT2D eigenvalue weighted by atomic mass is 9.85. The molecule has 50 heavy (non-hydrogen) atoms. The SMILES string of the molecule is Cc1[nH]n(-c2nc(-c3ccc(C(=O)O)cc3)cs2)c(=O)c1C(c1ccc(Br)cc1)c1c(C)[nH]n(-c2nc(-c3ccc(C(=O)O)cc3)cs2)c1=O. The second-order valence-electron chi connectivity index (χ2n) is 11.4. The van der Waals surface area contributed by atoms with Crippen LogP contribution in [-0.2, 0) is 0 Å². The van der Waals surface area contributed by atoms with Gasteiger partial charge in [0.2, 0.25) is 10.3 Å². The van der Waals surface area contributed by atoms with Crippen LogP contribution in [0.15, 0.2) is 97.6 Å². The van der Waals surface area contributed by atoms with E-state index >= 15 is 0 Å². The number of hydrogen-bond acceptors (Lipinski definition) is 8. The summed E-state index contributed by atoms with van der Waals surface area (Å²) in [5, 5.41) is 29.1. The van der Waals surface area contributed by atoms with Gasteiger partial charge in [0.05, 0.1) is 33.6 Å². The van der Waals surface area contributed by atoms with Crippen LogP contribution in [-0.4, -0.2) is 51.7 Å². The third-order valence-corrected chi connectivity index (χ3v) is 10.4. The van der Waals surface area contributed by atoms with Crippen molar-refractivity contribution in [3.63, 3.8) is 0 Å². The highest BCUT2D eigenvalue weighted by atomic mass is 79.9. The summed E-state index contributed by atoms with van der Waals surface area (Å²) in [5.41, 5.74) is 4.72. The average Bonchev–Trinajstić information content (AvgIpc) is 3.90. The maximum absolute atomic E-state index is 14.3. The number of benzene rings is 3. The van der Waals surface area contributed by atoms with Crippen molar-refractivity contribution in [2.75, 3.05) is 0 Å². The van der Waals surface area contributed by atoms with E-state index in [9.17, 15) is 29.4 Å². The number of aromatic nitrogens is 6. The molecule has 0 aliphatic carbocycles. The van der Waals surface area contributed by atoms with E-state index < -0.39 is 17.9 Å². The highest BCUT2D eigenvalue weighted by Gasteiger charge is 2.31. The molecule has 0 spiro atoms. The van der Waals surface area contributed by atoms with E-state index in [-0.39, 0.29) is 22.2 Å². The fraction of sp³-hybridized carbons (Fsp3) is 0.0857. The maximum Gasteiger partial charge on any atom is 0.335 e. The van der Waals surface area contributed by atoms with E-state index in [2.05, 4.69) is 36.1 Å². The Morgan fingerprint density at radius 1 is 0.680 bits per heavy atom. The number of carbonyl (C=O) groups is 2. The van der Waals surface area contributed by atoms with E-state index in [0.29, 0.717) is 55.3 Å². The second-order valence-corrected chi connectivity index (χ2v) is 14.0. The minimum atomic E-state index is -1.03. The fourth-order valence-electron chi connectivity index (χ4n) is 5.77. The largest absolute Gasteiger partial charge is 0.478 e. The standard InChI is InChI=1S/C35H25BrN6O6S2/c1-17-27(30(43)41(39-17)34-37-25(15-49-34)19-3-7-22(8-4-19)32(45)46)29(21-11-13-24(36)14-12-21)28-18(2)40-42(31(28)44)35-38-26(16-50-35)20-5-9-23(10-6-20)33(47)48/h3-16,29,39-40H,1-2H3,(H,45,46)(H,47,48). The molecule has 15 heteroatoms. The summed E-state index contributed by atoms with van der Waals surface area (Å²) < 4.78 is 3.56. The second kappa shape index (κ2) is 13.0. The molecule has 0 aliphatic heterocycles. The number of carboxylic acid groups (broad SMARTS) is 2. The van der Waals surface area contributed by atoms with Crippen LogP contribution in [0, 0.1) is 13.8 Å². The number of carboxylic acids is 2. The summed E-state index contributed by atoms with van der Waals surface area (Å²) in [5.74, 6) is -2.81. The molecule has 0 unspecified atom stereocenters. The molecule has 7 aromatic rings. The predicted molar refractivity (Wildman–Crippen MR) is 193 cm³/mol. The molecular formula is C35H25BrN6O6S2. The highest BCUT2D eigenvalue weighted by Crippen LogP contribution is 2.34. The van der Waals surface area contributed by atoms with Gasteiger partial charge in [0.25, 0.3) is 11.1 Å². The molecule has 0 bridgehead atoms. The molecule has 0 saturated heterocycles. The number of nitrogens with zero attached hydrogens (tertiary/aromatic N) is 4. The van der Waals surface area contributed by atoms with Gasteiger partial charge in [-0.15, -0.1) is 22.7 Å².